The Morgan fingerprint density at radius 2 is 1.47 bits per heavy atom. The molecule has 1 unspecified atom stereocenters. The van der Waals surface area contributed by atoms with E-state index in [2.05, 4.69) is 10.0 Å². The molecular weight excluding hydrogens is 629 g/mol. The number of hydrogen-bond donors (Lipinski definition) is 2. The van der Waals surface area contributed by atoms with E-state index < -0.39 is 16.1 Å². The Hall–Kier alpha value is -3.69. The molecule has 1 aliphatic carbocycles. The first kappa shape index (κ1) is 32.7. The molecule has 0 bridgehead atoms. The SMILES string of the molecule is O=C(NCc1ccc(Cl)cc1Cl)C(Cc1ccccc1)N(Cc1ccccc1)C(=O)CCc1ccc(S(=O)(=O)NC2CC2)cc1. The molecule has 4 aromatic rings. The Kier molecular flexibility index (Phi) is 10.9. The van der Waals surface area contributed by atoms with Gasteiger partial charge in [0.25, 0.3) is 0 Å². The first-order valence-corrected chi connectivity index (χ1v) is 17.1. The smallest absolute Gasteiger partial charge is 0.243 e. The number of carbonyl (C=O) groups is 2. The molecule has 45 heavy (non-hydrogen) atoms. The van der Waals surface area contributed by atoms with Gasteiger partial charge in [0.15, 0.2) is 0 Å². The summed E-state index contributed by atoms with van der Waals surface area (Å²) >= 11 is 12.4. The van der Waals surface area contributed by atoms with E-state index >= 15 is 0 Å². The summed E-state index contributed by atoms with van der Waals surface area (Å²) in [5.74, 6) is -0.488. The van der Waals surface area contributed by atoms with Crippen molar-refractivity contribution in [3.05, 3.63) is 135 Å². The van der Waals surface area contributed by atoms with Crippen molar-refractivity contribution < 1.29 is 18.0 Å². The highest BCUT2D eigenvalue weighted by Gasteiger charge is 2.31. The molecule has 234 valence electrons. The summed E-state index contributed by atoms with van der Waals surface area (Å²) in [6.07, 6.45) is 2.57. The number of nitrogens with one attached hydrogen (secondary N) is 2. The average molecular weight is 665 g/mol. The summed E-state index contributed by atoms with van der Waals surface area (Å²) in [7, 11) is -3.56. The second-order valence-corrected chi connectivity index (χ2v) is 13.8. The fourth-order valence-electron chi connectivity index (χ4n) is 5.02. The molecule has 1 saturated carbocycles. The summed E-state index contributed by atoms with van der Waals surface area (Å²) in [5, 5.41) is 3.94. The van der Waals surface area contributed by atoms with Gasteiger partial charge >= 0.3 is 0 Å². The van der Waals surface area contributed by atoms with Crippen molar-refractivity contribution in [1.29, 1.82) is 0 Å². The molecule has 2 amide bonds. The van der Waals surface area contributed by atoms with Gasteiger partial charge in [-0.2, -0.15) is 0 Å². The van der Waals surface area contributed by atoms with Crippen LogP contribution in [0.1, 0.15) is 41.5 Å². The lowest BCUT2D eigenvalue weighted by molar-refractivity contribution is -0.141. The monoisotopic (exact) mass is 663 g/mol. The van der Waals surface area contributed by atoms with Gasteiger partial charge < -0.3 is 10.2 Å². The van der Waals surface area contributed by atoms with Crippen molar-refractivity contribution in [3.8, 4) is 0 Å². The summed E-state index contributed by atoms with van der Waals surface area (Å²) < 4.78 is 27.8. The van der Waals surface area contributed by atoms with E-state index in [4.69, 9.17) is 23.2 Å². The maximum absolute atomic E-state index is 14.0. The molecule has 0 heterocycles. The standard InChI is InChI=1S/C35H35Cl2N3O4S/c36-29-15-14-28(32(37)22-29)23-38-35(42)33(21-26-7-3-1-4-8-26)40(24-27-9-5-2-6-10-27)34(41)20-13-25-11-18-31(19-12-25)45(43,44)39-30-16-17-30/h1-12,14-15,18-19,22,30,33,39H,13,16-17,20-21,23-24H2,(H,38,42). The van der Waals surface area contributed by atoms with Crippen molar-refractivity contribution in [1.82, 2.24) is 14.9 Å². The van der Waals surface area contributed by atoms with Crippen LogP contribution in [0.3, 0.4) is 0 Å². The van der Waals surface area contributed by atoms with Crippen LogP contribution in [0, 0.1) is 0 Å². The van der Waals surface area contributed by atoms with Gasteiger partial charge in [0.05, 0.1) is 4.90 Å². The number of hydrogen-bond acceptors (Lipinski definition) is 4. The molecule has 0 radical (unpaired) electrons. The van der Waals surface area contributed by atoms with Gasteiger partial charge in [-0.05, 0) is 65.8 Å². The van der Waals surface area contributed by atoms with Crippen molar-refractivity contribution in [2.45, 2.75) is 62.2 Å². The van der Waals surface area contributed by atoms with Crippen molar-refractivity contribution in [2.75, 3.05) is 0 Å². The summed E-state index contributed by atoms with van der Waals surface area (Å²) in [6.45, 7) is 0.425. The van der Waals surface area contributed by atoms with Crippen LogP contribution in [0.15, 0.2) is 108 Å². The van der Waals surface area contributed by atoms with Crippen LogP contribution in [-0.2, 0) is 45.5 Å². The minimum atomic E-state index is -3.56. The van der Waals surface area contributed by atoms with Gasteiger partial charge in [-0.25, -0.2) is 13.1 Å². The molecular formula is C35H35Cl2N3O4S. The molecule has 0 aromatic heterocycles. The Bertz CT molecular complexity index is 1720. The Labute approximate surface area is 274 Å². The Morgan fingerprint density at radius 3 is 2.09 bits per heavy atom. The number of aryl methyl sites for hydroxylation is 1. The largest absolute Gasteiger partial charge is 0.350 e. The van der Waals surface area contributed by atoms with Gasteiger partial charge in [-0.3, -0.25) is 9.59 Å². The number of benzene rings is 4. The number of rotatable bonds is 14. The Morgan fingerprint density at radius 1 is 0.822 bits per heavy atom. The maximum atomic E-state index is 14.0. The van der Waals surface area contributed by atoms with Crippen LogP contribution >= 0.6 is 23.2 Å². The maximum Gasteiger partial charge on any atom is 0.243 e. The zero-order chi connectivity index (χ0) is 31.8. The number of amides is 2. The second kappa shape index (κ2) is 15.1. The van der Waals surface area contributed by atoms with Gasteiger partial charge in [0.1, 0.15) is 6.04 Å². The van der Waals surface area contributed by atoms with Gasteiger partial charge in [0.2, 0.25) is 21.8 Å². The van der Waals surface area contributed by atoms with Crippen LogP contribution < -0.4 is 10.0 Å². The van der Waals surface area contributed by atoms with E-state index in [1.54, 1.807) is 47.4 Å². The van der Waals surface area contributed by atoms with Crippen molar-refractivity contribution in [3.63, 3.8) is 0 Å². The van der Waals surface area contributed by atoms with Crippen LogP contribution in [0.2, 0.25) is 10.0 Å². The molecule has 1 atom stereocenters. The topological polar surface area (TPSA) is 95.6 Å². The normalized spacial score (nSPS) is 13.6. The molecule has 1 aliphatic rings. The molecule has 0 spiro atoms. The van der Waals surface area contributed by atoms with Crippen LogP contribution in [-0.4, -0.2) is 37.2 Å². The first-order chi connectivity index (χ1) is 21.7. The van der Waals surface area contributed by atoms with E-state index in [0.717, 1.165) is 29.5 Å². The molecule has 7 nitrogen and oxygen atoms in total. The summed E-state index contributed by atoms with van der Waals surface area (Å²) in [5.41, 5.74) is 3.36. The van der Waals surface area contributed by atoms with E-state index in [0.29, 0.717) is 28.5 Å². The zero-order valence-electron chi connectivity index (χ0n) is 24.7. The van der Waals surface area contributed by atoms with Crippen LogP contribution in [0.25, 0.3) is 0 Å². The van der Waals surface area contributed by atoms with Crippen molar-refractivity contribution in [2.24, 2.45) is 0 Å². The molecule has 4 aromatic carbocycles. The highest BCUT2D eigenvalue weighted by atomic mass is 35.5. The minimum absolute atomic E-state index is 0.0205. The fraction of sp³-hybridized carbons (Fsp3) is 0.257. The third-order valence-electron chi connectivity index (χ3n) is 7.70. The first-order valence-electron chi connectivity index (χ1n) is 14.9. The molecule has 0 saturated heterocycles. The van der Waals surface area contributed by atoms with E-state index in [1.807, 2.05) is 60.7 Å². The van der Waals surface area contributed by atoms with Gasteiger partial charge in [0, 0.05) is 42.0 Å². The van der Waals surface area contributed by atoms with Crippen LogP contribution in [0.4, 0.5) is 0 Å². The second-order valence-electron chi connectivity index (χ2n) is 11.2. The summed E-state index contributed by atoms with van der Waals surface area (Å²) in [4.78, 5) is 29.7. The highest BCUT2D eigenvalue weighted by Crippen LogP contribution is 2.24. The van der Waals surface area contributed by atoms with Crippen LogP contribution in [0.5, 0.6) is 0 Å². The number of sulfonamides is 1. The quantitative estimate of drug-likeness (QED) is 0.165. The number of carbonyl (C=O) groups excluding carboxylic acids is 2. The van der Waals surface area contributed by atoms with Crippen molar-refractivity contribution >= 4 is 45.0 Å². The Balaban J connectivity index is 1.36. The highest BCUT2D eigenvalue weighted by molar-refractivity contribution is 7.89. The molecule has 10 heteroatoms. The number of nitrogens with zero attached hydrogens (tertiary/aromatic N) is 1. The van der Waals surface area contributed by atoms with E-state index in [9.17, 15) is 18.0 Å². The lowest BCUT2D eigenvalue weighted by Crippen LogP contribution is -2.50. The molecule has 2 N–H and O–H groups in total. The van der Waals surface area contributed by atoms with E-state index in [1.165, 1.54) is 0 Å². The lowest BCUT2D eigenvalue weighted by Gasteiger charge is -2.32. The molecule has 1 fully saturated rings. The molecule has 5 rings (SSSR count). The summed E-state index contributed by atoms with van der Waals surface area (Å²) in [6, 6.07) is 30.1. The minimum Gasteiger partial charge on any atom is -0.350 e. The predicted octanol–water partition coefficient (Wildman–Crippen LogP) is 6.32. The zero-order valence-corrected chi connectivity index (χ0v) is 27.0. The number of halogens is 2. The predicted molar refractivity (Wildman–Crippen MR) is 177 cm³/mol. The average Bonchev–Trinajstić information content (AvgIpc) is 3.85. The lowest BCUT2D eigenvalue weighted by atomic mass is 10.0. The fourth-order valence-corrected chi connectivity index (χ4v) is 6.80. The third-order valence-corrected chi connectivity index (χ3v) is 9.82. The van der Waals surface area contributed by atoms with Gasteiger partial charge in [-0.1, -0.05) is 102 Å². The molecule has 0 aliphatic heterocycles. The third kappa shape index (κ3) is 9.41. The van der Waals surface area contributed by atoms with Gasteiger partial charge in [-0.15, -0.1) is 0 Å². The van der Waals surface area contributed by atoms with E-state index in [-0.39, 0.29) is 42.3 Å².